The Kier molecular flexibility index (Phi) is 5.65. The topological polar surface area (TPSA) is 125 Å². The first-order valence-corrected chi connectivity index (χ1v) is 6.35. The molecule has 1 rings (SSSR count). The van der Waals surface area contributed by atoms with E-state index in [0.29, 0.717) is 0 Å². The van der Waals surface area contributed by atoms with Gasteiger partial charge in [-0.15, -0.1) is 0 Å². The number of nitrogens with zero attached hydrogens (tertiary/aromatic N) is 1. The number of nitrogens with one attached hydrogen (secondary N) is 1. The van der Waals surface area contributed by atoms with Gasteiger partial charge in [-0.05, 0) is 19.4 Å². The Morgan fingerprint density at radius 1 is 1.48 bits per heavy atom. The van der Waals surface area contributed by atoms with Gasteiger partial charge in [-0.3, -0.25) is 14.9 Å². The largest absolute Gasteiger partial charge is 0.452 e. The van der Waals surface area contributed by atoms with Gasteiger partial charge in [0.25, 0.3) is 11.6 Å². The minimum absolute atomic E-state index is 0.0133. The Balaban J connectivity index is 2.64. The van der Waals surface area contributed by atoms with Crippen molar-refractivity contribution < 1.29 is 19.2 Å². The standard InChI is InChI=1S/C13H17N3O5/c1-3-8(2)15-12(17)7-21-13(18)10-5-4-9(16(19)20)6-11(10)14/h4-6,8H,3,7,14H2,1-2H3,(H,15,17)/t8-/m0/s1. The fraction of sp³-hybridized carbons (Fsp3) is 0.385. The number of carbonyl (C=O) groups excluding carboxylic acids is 2. The molecule has 1 amide bonds. The van der Waals surface area contributed by atoms with Crippen LogP contribution in [0, 0.1) is 10.1 Å². The van der Waals surface area contributed by atoms with Crippen LogP contribution >= 0.6 is 0 Å². The number of nitro groups is 1. The van der Waals surface area contributed by atoms with E-state index < -0.39 is 23.4 Å². The van der Waals surface area contributed by atoms with Gasteiger partial charge in [0.2, 0.25) is 0 Å². The summed E-state index contributed by atoms with van der Waals surface area (Å²) in [4.78, 5) is 33.2. The molecule has 21 heavy (non-hydrogen) atoms. The molecular formula is C13H17N3O5. The highest BCUT2D eigenvalue weighted by Gasteiger charge is 2.16. The third-order valence-corrected chi connectivity index (χ3v) is 2.82. The quantitative estimate of drug-likeness (QED) is 0.352. The number of carbonyl (C=O) groups is 2. The van der Waals surface area contributed by atoms with Crippen molar-refractivity contribution in [3.05, 3.63) is 33.9 Å². The number of non-ortho nitro benzene ring substituents is 1. The van der Waals surface area contributed by atoms with Gasteiger partial charge >= 0.3 is 5.97 Å². The molecule has 8 nitrogen and oxygen atoms in total. The zero-order valence-corrected chi connectivity index (χ0v) is 11.8. The van der Waals surface area contributed by atoms with E-state index in [1.54, 1.807) is 0 Å². The van der Waals surface area contributed by atoms with Crippen molar-refractivity contribution in [3.63, 3.8) is 0 Å². The van der Waals surface area contributed by atoms with Gasteiger partial charge in [0.15, 0.2) is 6.61 Å². The minimum Gasteiger partial charge on any atom is -0.452 e. The number of anilines is 1. The lowest BCUT2D eigenvalue weighted by Crippen LogP contribution is -2.35. The molecule has 1 atom stereocenters. The van der Waals surface area contributed by atoms with Crippen LogP contribution in [0.4, 0.5) is 11.4 Å². The van der Waals surface area contributed by atoms with E-state index in [9.17, 15) is 19.7 Å². The molecule has 3 N–H and O–H groups in total. The molecule has 0 aliphatic rings. The van der Waals surface area contributed by atoms with Crippen LogP contribution in [-0.2, 0) is 9.53 Å². The molecule has 0 heterocycles. The number of esters is 1. The van der Waals surface area contributed by atoms with Crippen molar-refractivity contribution in [2.45, 2.75) is 26.3 Å². The first-order valence-electron chi connectivity index (χ1n) is 6.35. The van der Waals surface area contributed by atoms with Gasteiger partial charge in [-0.1, -0.05) is 6.92 Å². The first-order chi connectivity index (χ1) is 9.85. The lowest BCUT2D eigenvalue weighted by atomic mass is 10.1. The molecule has 0 unspecified atom stereocenters. The Morgan fingerprint density at radius 2 is 2.14 bits per heavy atom. The molecule has 0 aliphatic carbocycles. The van der Waals surface area contributed by atoms with Crippen LogP contribution in [0.3, 0.4) is 0 Å². The van der Waals surface area contributed by atoms with Gasteiger partial charge in [-0.25, -0.2) is 4.79 Å². The predicted octanol–water partition coefficient (Wildman–Crippen LogP) is 1.25. The summed E-state index contributed by atoms with van der Waals surface area (Å²) in [7, 11) is 0. The van der Waals surface area contributed by atoms with Crippen molar-refractivity contribution >= 4 is 23.3 Å². The monoisotopic (exact) mass is 295 g/mol. The molecule has 0 saturated carbocycles. The van der Waals surface area contributed by atoms with Crippen molar-refractivity contribution in [2.24, 2.45) is 0 Å². The Morgan fingerprint density at radius 3 is 2.67 bits per heavy atom. The summed E-state index contributed by atoms with van der Waals surface area (Å²) in [5, 5.41) is 13.2. The molecule has 114 valence electrons. The van der Waals surface area contributed by atoms with Gasteiger partial charge in [-0.2, -0.15) is 0 Å². The van der Waals surface area contributed by atoms with E-state index in [1.807, 2.05) is 13.8 Å². The molecule has 0 aliphatic heterocycles. The van der Waals surface area contributed by atoms with Crippen LogP contribution in [0.2, 0.25) is 0 Å². The maximum absolute atomic E-state index is 11.8. The highest BCUT2D eigenvalue weighted by atomic mass is 16.6. The highest BCUT2D eigenvalue weighted by molar-refractivity contribution is 5.96. The number of nitrogens with two attached hydrogens (primary N) is 1. The maximum atomic E-state index is 11.8. The molecule has 0 radical (unpaired) electrons. The number of rotatable bonds is 6. The summed E-state index contributed by atoms with van der Waals surface area (Å²) in [5.41, 5.74) is 5.25. The summed E-state index contributed by atoms with van der Waals surface area (Å²) in [6.45, 7) is 3.31. The Labute approximate surface area is 121 Å². The van der Waals surface area contributed by atoms with Crippen LogP contribution < -0.4 is 11.1 Å². The van der Waals surface area contributed by atoms with Crippen molar-refractivity contribution in [1.29, 1.82) is 0 Å². The second-order valence-corrected chi connectivity index (χ2v) is 4.48. The normalized spacial score (nSPS) is 11.5. The average Bonchev–Trinajstić information content (AvgIpc) is 2.44. The van der Waals surface area contributed by atoms with Crippen molar-refractivity contribution in [2.75, 3.05) is 12.3 Å². The summed E-state index contributed by atoms with van der Waals surface area (Å²) < 4.78 is 4.82. The molecule has 0 spiro atoms. The zero-order valence-electron chi connectivity index (χ0n) is 11.8. The molecular weight excluding hydrogens is 278 g/mol. The van der Waals surface area contributed by atoms with Crippen LogP contribution in [0.25, 0.3) is 0 Å². The lowest BCUT2D eigenvalue weighted by molar-refractivity contribution is -0.384. The third kappa shape index (κ3) is 4.75. The third-order valence-electron chi connectivity index (χ3n) is 2.82. The van der Waals surface area contributed by atoms with Crippen molar-refractivity contribution in [3.8, 4) is 0 Å². The predicted molar refractivity (Wildman–Crippen MR) is 75.7 cm³/mol. The second-order valence-electron chi connectivity index (χ2n) is 4.48. The fourth-order valence-corrected chi connectivity index (χ4v) is 1.48. The molecule has 1 aromatic carbocycles. The Hall–Kier alpha value is -2.64. The number of ether oxygens (including phenoxy) is 1. The minimum atomic E-state index is -0.804. The van der Waals surface area contributed by atoms with E-state index in [2.05, 4.69) is 5.32 Å². The van der Waals surface area contributed by atoms with Crippen LogP contribution in [0.1, 0.15) is 30.6 Å². The summed E-state index contributed by atoms with van der Waals surface area (Å²) in [6.07, 6.45) is 0.759. The molecule has 8 heteroatoms. The van der Waals surface area contributed by atoms with Gasteiger partial charge in [0.05, 0.1) is 16.2 Å². The van der Waals surface area contributed by atoms with E-state index >= 15 is 0 Å². The van der Waals surface area contributed by atoms with E-state index in [-0.39, 0.29) is 23.0 Å². The summed E-state index contributed by atoms with van der Waals surface area (Å²) in [5.74, 6) is -1.22. The molecule has 0 aromatic heterocycles. The number of amides is 1. The average molecular weight is 295 g/mol. The number of hydrogen-bond acceptors (Lipinski definition) is 6. The highest BCUT2D eigenvalue weighted by Crippen LogP contribution is 2.20. The lowest BCUT2D eigenvalue weighted by Gasteiger charge is -2.11. The number of nitro benzene ring substituents is 1. The number of nitrogen functional groups attached to an aromatic ring is 1. The number of benzene rings is 1. The summed E-state index contributed by atoms with van der Waals surface area (Å²) in [6, 6.07) is 3.39. The molecule has 1 aromatic rings. The van der Waals surface area contributed by atoms with Crippen LogP contribution in [0.15, 0.2) is 18.2 Å². The molecule has 0 bridgehead atoms. The fourth-order valence-electron chi connectivity index (χ4n) is 1.48. The van der Waals surface area contributed by atoms with E-state index in [1.165, 1.54) is 6.07 Å². The first kappa shape index (κ1) is 16.4. The second kappa shape index (κ2) is 7.22. The van der Waals surface area contributed by atoms with Crippen LogP contribution in [0.5, 0.6) is 0 Å². The van der Waals surface area contributed by atoms with E-state index in [0.717, 1.165) is 18.6 Å². The van der Waals surface area contributed by atoms with Gasteiger partial charge in [0, 0.05) is 18.2 Å². The van der Waals surface area contributed by atoms with Crippen LogP contribution in [-0.4, -0.2) is 29.4 Å². The van der Waals surface area contributed by atoms with E-state index in [4.69, 9.17) is 10.5 Å². The summed E-state index contributed by atoms with van der Waals surface area (Å²) >= 11 is 0. The van der Waals surface area contributed by atoms with Gasteiger partial charge < -0.3 is 15.8 Å². The Bertz CT molecular complexity index is 559. The van der Waals surface area contributed by atoms with Crippen molar-refractivity contribution in [1.82, 2.24) is 5.32 Å². The van der Waals surface area contributed by atoms with Gasteiger partial charge in [0.1, 0.15) is 0 Å². The SMILES string of the molecule is CC[C@H](C)NC(=O)COC(=O)c1ccc([N+](=O)[O-])cc1N. The molecule has 0 saturated heterocycles. The maximum Gasteiger partial charge on any atom is 0.340 e. The zero-order chi connectivity index (χ0) is 16.0. The molecule has 0 fully saturated rings. The smallest absolute Gasteiger partial charge is 0.340 e. The number of hydrogen-bond donors (Lipinski definition) is 2.